The van der Waals surface area contributed by atoms with Crippen molar-refractivity contribution in [2.24, 2.45) is 17.1 Å². The van der Waals surface area contributed by atoms with Crippen LogP contribution in [0.2, 0.25) is 0 Å². The number of rotatable bonds is 4. The number of ether oxygens (including phenoxy) is 1. The molecule has 0 spiro atoms. The Hall–Kier alpha value is -0.120. The molecule has 3 nitrogen and oxygen atoms in total. The molecule has 1 aliphatic heterocycles. The van der Waals surface area contributed by atoms with Gasteiger partial charge >= 0.3 is 0 Å². The Morgan fingerprint density at radius 3 is 2.25 bits per heavy atom. The molecule has 0 aromatic rings. The number of hydrogen-bond donors (Lipinski definition) is 1. The maximum absolute atomic E-state index is 5.65. The second-order valence-electron chi connectivity index (χ2n) is 6.03. The largest absolute Gasteiger partial charge is 0.379 e. The zero-order valence-electron chi connectivity index (χ0n) is 11.3. The molecule has 3 heteroatoms. The van der Waals surface area contributed by atoms with Gasteiger partial charge in [-0.1, -0.05) is 20.8 Å². The van der Waals surface area contributed by atoms with Crippen molar-refractivity contribution in [2.75, 3.05) is 33.3 Å². The van der Waals surface area contributed by atoms with Gasteiger partial charge < -0.3 is 15.4 Å². The van der Waals surface area contributed by atoms with Crippen molar-refractivity contribution in [1.82, 2.24) is 4.90 Å². The molecule has 0 radical (unpaired) electrons. The molecule has 0 saturated carbocycles. The zero-order valence-corrected chi connectivity index (χ0v) is 11.3. The molecular formula is C13H28N2O. The van der Waals surface area contributed by atoms with Gasteiger partial charge in [0.15, 0.2) is 0 Å². The summed E-state index contributed by atoms with van der Waals surface area (Å²) in [4.78, 5) is 2.49. The lowest BCUT2D eigenvalue weighted by molar-refractivity contribution is 0.0433. The Kier molecular flexibility index (Phi) is 5.22. The highest BCUT2D eigenvalue weighted by Gasteiger charge is 2.29. The highest BCUT2D eigenvalue weighted by atomic mass is 16.5. The van der Waals surface area contributed by atoms with Crippen LogP contribution in [0.25, 0.3) is 0 Å². The fraction of sp³-hybridized carbons (Fsp3) is 1.00. The summed E-state index contributed by atoms with van der Waals surface area (Å²) in [6.45, 7) is 11.1. The molecule has 0 aromatic heterocycles. The average Bonchev–Trinajstić information content (AvgIpc) is 2.25. The van der Waals surface area contributed by atoms with Gasteiger partial charge in [0.05, 0.1) is 6.10 Å². The van der Waals surface area contributed by atoms with E-state index in [9.17, 15) is 0 Å². The third-order valence-electron chi connectivity index (χ3n) is 3.87. The van der Waals surface area contributed by atoms with E-state index >= 15 is 0 Å². The second kappa shape index (κ2) is 5.99. The van der Waals surface area contributed by atoms with Crippen LogP contribution in [0.1, 0.15) is 33.6 Å². The monoisotopic (exact) mass is 228 g/mol. The number of methoxy groups -OCH3 is 1. The summed E-state index contributed by atoms with van der Waals surface area (Å²) in [5.74, 6) is 0.864. The molecule has 1 heterocycles. The second-order valence-corrected chi connectivity index (χ2v) is 6.03. The van der Waals surface area contributed by atoms with Gasteiger partial charge in [0.2, 0.25) is 0 Å². The van der Waals surface area contributed by atoms with E-state index in [-0.39, 0.29) is 6.10 Å². The predicted molar refractivity (Wildman–Crippen MR) is 68.5 cm³/mol. The van der Waals surface area contributed by atoms with Crippen LogP contribution >= 0.6 is 0 Å². The molecule has 0 amide bonds. The lowest BCUT2D eigenvalue weighted by atomic mass is 9.75. The van der Waals surface area contributed by atoms with Crippen molar-refractivity contribution in [2.45, 2.75) is 39.7 Å². The fourth-order valence-electron chi connectivity index (χ4n) is 2.51. The highest BCUT2D eigenvalue weighted by Crippen LogP contribution is 2.34. The van der Waals surface area contributed by atoms with Crippen LogP contribution in [0.4, 0.5) is 0 Å². The molecule has 16 heavy (non-hydrogen) atoms. The number of nitrogens with two attached hydrogens (primary N) is 1. The van der Waals surface area contributed by atoms with E-state index < -0.39 is 0 Å². The SMILES string of the molecule is COC(CN)CN1CCC(C(C)(C)C)CC1. The summed E-state index contributed by atoms with van der Waals surface area (Å²) >= 11 is 0. The minimum Gasteiger partial charge on any atom is -0.379 e. The Morgan fingerprint density at radius 2 is 1.88 bits per heavy atom. The first kappa shape index (κ1) is 13.9. The van der Waals surface area contributed by atoms with Crippen molar-refractivity contribution in [3.8, 4) is 0 Å². The Bertz CT molecular complexity index is 189. The molecule has 1 atom stereocenters. The maximum atomic E-state index is 5.65. The lowest BCUT2D eigenvalue weighted by Gasteiger charge is -2.39. The third kappa shape index (κ3) is 4.04. The molecule has 0 aliphatic carbocycles. The topological polar surface area (TPSA) is 38.5 Å². The summed E-state index contributed by atoms with van der Waals surface area (Å²) in [7, 11) is 1.75. The lowest BCUT2D eigenvalue weighted by Crippen LogP contribution is -2.43. The average molecular weight is 228 g/mol. The molecule has 96 valence electrons. The molecule has 0 bridgehead atoms. The van der Waals surface area contributed by atoms with Crippen LogP contribution in [-0.2, 0) is 4.74 Å². The van der Waals surface area contributed by atoms with Crippen LogP contribution in [0.5, 0.6) is 0 Å². The quantitative estimate of drug-likeness (QED) is 0.796. The summed E-state index contributed by atoms with van der Waals surface area (Å²) < 4.78 is 5.33. The zero-order chi connectivity index (χ0) is 12.2. The smallest absolute Gasteiger partial charge is 0.0820 e. The molecule has 2 N–H and O–H groups in total. The number of hydrogen-bond acceptors (Lipinski definition) is 3. The summed E-state index contributed by atoms with van der Waals surface area (Å²) in [5.41, 5.74) is 6.10. The van der Waals surface area contributed by atoms with Gasteiger partial charge in [-0.2, -0.15) is 0 Å². The first-order valence-electron chi connectivity index (χ1n) is 6.42. The van der Waals surface area contributed by atoms with Crippen molar-refractivity contribution in [1.29, 1.82) is 0 Å². The standard InChI is InChI=1S/C13H28N2O/c1-13(2,3)11-5-7-15(8-6-11)10-12(9-14)16-4/h11-12H,5-10,14H2,1-4H3. The molecule has 1 fully saturated rings. The molecule has 1 rings (SSSR count). The van der Waals surface area contributed by atoms with Crippen molar-refractivity contribution < 1.29 is 4.74 Å². The number of piperidine rings is 1. The summed E-state index contributed by atoms with van der Waals surface area (Å²) in [6.07, 6.45) is 2.82. The minimum absolute atomic E-state index is 0.200. The molecular weight excluding hydrogens is 200 g/mol. The van der Waals surface area contributed by atoms with Crippen LogP contribution in [-0.4, -0.2) is 44.3 Å². The van der Waals surface area contributed by atoms with E-state index in [1.807, 2.05) is 0 Å². The van der Waals surface area contributed by atoms with Crippen molar-refractivity contribution in [3.05, 3.63) is 0 Å². The summed E-state index contributed by atoms with van der Waals surface area (Å²) in [6, 6.07) is 0. The van der Waals surface area contributed by atoms with Gasteiger partial charge in [-0.25, -0.2) is 0 Å². The Labute approximate surface area is 100 Å². The summed E-state index contributed by atoms with van der Waals surface area (Å²) in [5, 5.41) is 0. The first-order valence-corrected chi connectivity index (χ1v) is 6.42. The van der Waals surface area contributed by atoms with E-state index in [0.717, 1.165) is 12.5 Å². The van der Waals surface area contributed by atoms with Gasteiger partial charge in [0.1, 0.15) is 0 Å². The van der Waals surface area contributed by atoms with E-state index in [2.05, 4.69) is 25.7 Å². The van der Waals surface area contributed by atoms with Crippen molar-refractivity contribution in [3.63, 3.8) is 0 Å². The van der Waals surface area contributed by atoms with Crippen molar-refractivity contribution >= 4 is 0 Å². The van der Waals surface area contributed by atoms with E-state index in [1.165, 1.54) is 25.9 Å². The van der Waals surface area contributed by atoms with Gasteiger partial charge in [0, 0.05) is 20.2 Å². The van der Waals surface area contributed by atoms with Gasteiger partial charge in [-0.15, -0.1) is 0 Å². The van der Waals surface area contributed by atoms with E-state index in [4.69, 9.17) is 10.5 Å². The van der Waals surface area contributed by atoms with E-state index in [0.29, 0.717) is 12.0 Å². The Balaban J connectivity index is 2.32. The first-order chi connectivity index (χ1) is 7.47. The predicted octanol–water partition coefficient (Wildman–Crippen LogP) is 1.72. The minimum atomic E-state index is 0.200. The normalized spacial score (nSPS) is 22.3. The van der Waals surface area contributed by atoms with Gasteiger partial charge in [-0.3, -0.25) is 0 Å². The number of nitrogens with zero attached hydrogens (tertiary/aromatic N) is 1. The maximum Gasteiger partial charge on any atom is 0.0820 e. The molecule has 1 saturated heterocycles. The van der Waals surface area contributed by atoms with Crippen LogP contribution in [0.3, 0.4) is 0 Å². The highest BCUT2D eigenvalue weighted by molar-refractivity contribution is 4.81. The van der Waals surface area contributed by atoms with E-state index in [1.54, 1.807) is 7.11 Å². The number of likely N-dealkylation sites (tertiary alicyclic amines) is 1. The van der Waals surface area contributed by atoms with Crippen LogP contribution in [0.15, 0.2) is 0 Å². The van der Waals surface area contributed by atoms with Gasteiger partial charge in [-0.05, 0) is 37.3 Å². The Morgan fingerprint density at radius 1 is 1.31 bits per heavy atom. The molecule has 1 unspecified atom stereocenters. The van der Waals surface area contributed by atoms with Crippen LogP contribution < -0.4 is 5.73 Å². The third-order valence-corrected chi connectivity index (χ3v) is 3.87. The van der Waals surface area contributed by atoms with Gasteiger partial charge in [0.25, 0.3) is 0 Å². The molecule has 0 aromatic carbocycles. The molecule has 1 aliphatic rings. The van der Waals surface area contributed by atoms with Crippen LogP contribution in [0, 0.1) is 11.3 Å². The fourth-order valence-corrected chi connectivity index (χ4v) is 2.51.